The van der Waals surface area contributed by atoms with Crippen LogP contribution in [-0.4, -0.2) is 6.29 Å². The van der Waals surface area contributed by atoms with E-state index in [2.05, 4.69) is 0 Å². The van der Waals surface area contributed by atoms with Gasteiger partial charge in [-0.05, 0) is 24.6 Å². The van der Waals surface area contributed by atoms with Gasteiger partial charge in [0.15, 0.2) is 6.29 Å². The van der Waals surface area contributed by atoms with Crippen molar-refractivity contribution in [2.75, 3.05) is 0 Å². The Labute approximate surface area is 105 Å². The summed E-state index contributed by atoms with van der Waals surface area (Å²) in [5.74, 6) is -0.302. The molecule has 0 N–H and O–H groups in total. The summed E-state index contributed by atoms with van der Waals surface area (Å²) < 4.78 is 19.0. The van der Waals surface area contributed by atoms with E-state index in [1.165, 1.54) is 12.1 Å². The fourth-order valence-electron chi connectivity index (χ4n) is 1.72. The number of hydrogen-bond acceptors (Lipinski definition) is 2. The molecule has 0 radical (unpaired) electrons. The van der Waals surface area contributed by atoms with Crippen LogP contribution >= 0.6 is 0 Å². The first-order valence-electron chi connectivity index (χ1n) is 5.67. The molecule has 0 saturated carbocycles. The molecule has 0 fully saturated rings. The van der Waals surface area contributed by atoms with Crippen LogP contribution in [-0.2, 0) is 0 Å². The van der Waals surface area contributed by atoms with Gasteiger partial charge >= 0.3 is 0 Å². The molecule has 3 heteroatoms. The van der Waals surface area contributed by atoms with Crippen LogP contribution in [0.25, 0.3) is 0 Å². The van der Waals surface area contributed by atoms with Crippen molar-refractivity contribution < 1.29 is 13.9 Å². The van der Waals surface area contributed by atoms with E-state index in [1.54, 1.807) is 6.07 Å². The van der Waals surface area contributed by atoms with Gasteiger partial charge in [-0.2, -0.15) is 0 Å². The Balaban J connectivity index is 2.25. The molecule has 2 rings (SSSR count). The third-order valence-electron chi connectivity index (χ3n) is 2.70. The number of rotatable bonds is 4. The molecule has 2 nitrogen and oxygen atoms in total. The monoisotopic (exact) mass is 244 g/mol. The summed E-state index contributed by atoms with van der Waals surface area (Å²) in [6.07, 6.45) is 0.231. The maximum atomic E-state index is 13.4. The number of ether oxygens (including phenoxy) is 1. The zero-order valence-electron chi connectivity index (χ0n) is 9.97. The van der Waals surface area contributed by atoms with E-state index in [-0.39, 0.29) is 17.4 Å². The van der Waals surface area contributed by atoms with Crippen molar-refractivity contribution in [1.82, 2.24) is 0 Å². The highest BCUT2D eigenvalue weighted by atomic mass is 19.1. The van der Waals surface area contributed by atoms with Gasteiger partial charge in [-0.1, -0.05) is 36.4 Å². The van der Waals surface area contributed by atoms with Crippen LogP contribution in [0.1, 0.15) is 28.9 Å². The Hall–Kier alpha value is -2.16. The van der Waals surface area contributed by atoms with Gasteiger partial charge in [0.1, 0.15) is 17.7 Å². The minimum Gasteiger partial charge on any atom is -0.485 e. The molecule has 0 amide bonds. The van der Waals surface area contributed by atoms with Crippen LogP contribution in [0, 0.1) is 5.82 Å². The quantitative estimate of drug-likeness (QED) is 0.765. The minimum atomic E-state index is -0.567. The smallest absolute Gasteiger partial charge is 0.156 e. The number of halogens is 1. The topological polar surface area (TPSA) is 26.3 Å². The summed E-state index contributed by atoms with van der Waals surface area (Å²) >= 11 is 0. The average Bonchev–Trinajstić information content (AvgIpc) is 2.40. The lowest BCUT2D eigenvalue weighted by atomic mass is 10.1. The Kier molecular flexibility index (Phi) is 3.72. The molecule has 1 unspecified atom stereocenters. The predicted octanol–water partition coefficient (Wildman–Crippen LogP) is 3.78. The van der Waals surface area contributed by atoms with E-state index in [9.17, 15) is 9.18 Å². The molecule has 0 aliphatic heterocycles. The van der Waals surface area contributed by atoms with Crippen LogP contribution in [0.3, 0.4) is 0 Å². The van der Waals surface area contributed by atoms with E-state index in [0.717, 1.165) is 5.56 Å². The molecule has 92 valence electrons. The molecule has 0 aromatic heterocycles. The summed E-state index contributed by atoms with van der Waals surface area (Å²) in [4.78, 5) is 10.8. The maximum Gasteiger partial charge on any atom is 0.156 e. The van der Waals surface area contributed by atoms with E-state index < -0.39 is 5.82 Å². The highest BCUT2D eigenvalue weighted by Gasteiger charge is 2.12. The molecule has 0 spiro atoms. The lowest BCUT2D eigenvalue weighted by molar-refractivity contribution is 0.111. The lowest BCUT2D eigenvalue weighted by Crippen LogP contribution is -2.05. The molecule has 0 heterocycles. The number of aldehydes is 1. The molecule has 0 aliphatic rings. The fourth-order valence-corrected chi connectivity index (χ4v) is 1.72. The zero-order chi connectivity index (χ0) is 13.0. The van der Waals surface area contributed by atoms with Gasteiger partial charge < -0.3 is 4.74 Å². The van der Waals surface area contributed by atoms with E-state index >= 15 is 0 Å². The van der Waals surface area contributed by atoms with Crippen molar-refractivity contribution in [3.8, 4) is 5.75 Å². The summed E-state index contributed by atoms with van der Waals surface area (Å²) in [7, 11) is 0. The van der Waals surface area contributed by atoms with Crippen molar-refractivity contribution in [3.05, 3.63) is 65.5 Å². The van der Waals surface area contributed by atoms with Crippen molar-refractivity contribution in [2.24, 2.45) is 0 Å². The van der Waals surface area contributed by atoms with Gasteiger partial charge in [0.25, 0.3) is 0 Å². The summed E-state index contributed by atoms with van der Waals surface area (Å²) in [5.41, 5.74) is 0.930. The first kappa shape index (κ1) is 12.3. The first-order valence-corrected chi connectivity index (χ1v) is 5.67. The average molecular weight is 244 g/mol. The highest BCUT2D eigenvalue weighted by Crippen LogP contribution is 2.25. The Morgan fingerprint density at radius 2 is 1.83 bits per heavy atom. The van der Waals surface area contributed by atoms with E-state index in [1.807, 2.05) is 37.3 Å². The highest BCUT2D eigenvalue weighted by molar-refractivity contribution is 5.79. The summed E-state index contributed by atoms with van der Waals surface area (Å²) in [5, 5.41) is 0. The van der Waals surface area contributed by atoms with Crippen LogP contribution in [0.4, 0.5) is 4.39 Å². The minimum absolute atomic E-state index is 0.0414. The van der Waals surface area contributed by atoms with Crippen LogP contribution in [0.2, 0.25) is 0 Å². The van der Waals surface area contributed by atoms with Gasteiger partial charge in [-0.25, -0.2) is 4.39 Å². The SMILES string of the molecule is CC(Oc1cccc(F)c1C=O)c1ccccc1. The van der Waals surface area contributed by atoms with Crippen molar-refractivity contribution in [1.29, 1.82) is 0 Å². The number of benzene rings is 2. The second kappa shape index (κ2) is 5.45. The number of carbonyl (C=O) groups is 1. The summed E-state index contributed by atoms with van der Waals surface area (Å²) in [6, 6.07) is 13.9. The van der Waals surface area contributed by atoms with Crippen LogP contribution in [0.5, 0.6) is 5.75 Å². The van der Waals surface area contributed by atoms with E-state index in [4.69, 9.17) is 4.74 Å². The standard InChI is InChI=1S/C15H13FO2/c1-11(12-6-3-2-4-7-12)18-15-9-5-8-14(16)13(15)10-17/h2-11H,1H3. The van der Waals surface area contributed by atoms with Crippen molar-refractivity contribution in [2.45, 2.75) is 13.0 Å². The molecule has 0 aliphatic carbocycles. The van der Waals surface area contributed by atoms with Crippen LogP contribution < -0.4 is 4.74 Å². The van der Waals surface area contributed by atoms with Crippen molar-refractivity contribution in [3.63, 3.8) is 0 Å². The lowest BCUT2D eigenvalue weighted by Gasteiger charge is -2.16. The normalized spacial score (nSPS) is 11.9. The molecule has 2 aromatic rings. The van der Waals surface area contributed by atoms with Gasteiger partial charge in [0.2, 0.25) is 0 Å². The Morgan fingerprint density at radius 3 is 2.50 bits per heavy atom. The second-order valence-corrected chi connectivity index (χ2v) is 3.94. The third-order valence-corrected chi connectivity index (χ3v) is 2.70. The third kappa shape index (κ3) is 2.56. The summed E-state index contributed by atoms with van der Waals surface area (Å²) in [6.45, 7) is 1.86. The van der Waals surface area contributed by atoms with Gasteiger partial charge in [-0.3, -0.25) is 4.79 Å². The molecule has 2 aromatic carbocycles. The van der Waals surface area contributed by atoms with Gasteiger partial charge in [0, 0.05) is 0 Å². The second-order valence-electron chi connectivity index (χ2n) is 3.94. The molecule has 0 saturated heterocycles. The Bertz CT molecular complexity index is 537. The fraction of sp³-hybridized carbons (Fsp3) is 0.133. The first-order chi connectivity index (χ1) is 8.72. The zero-order valence-corrected chi connectivity index (χ0v) is 9.97. The van der Waals surface area contributed by atoms with E-state index in [0.29, 0.717) is 6.29 Å². The van der Waals surface area contributed by atoms with Gasteiger partial charge in [-0.15, -0.1) is 0 Å². The maximum absolute atomic E-state index is 13.4. The number of hydrogen-bond donors (Lipinski definition) is 0. The van der Waals surface area contributed by atoms with Crippen molar-refractivity contribution >= 4 is 6.29 Å². The molecule has 18 heavy (non-hydrogen) atoms. The Morgan fingerprint density at radius 1 is 1.11 bits per heavy atom. The molecule has 1 atom stereocenters. The van der Waals surface area contributed by atoms with Crippen LogP contribution in [0.15, 0.2) is 48.5 Å². The molecular weight excluding hydrogens is 231 g/mol. The van der Waals surface area contributed by atoms with Gasteiger partial charge in [0.05, 0.1) is 5.56 Å². The largest absolute Gasteiger partial charge is 0.485 e. The predicted molar refractivity (Wildman–Crippen MR) is 67.3 cm³/mol. The molecule has 0 bridgehead atoms. The number of carbonyl (C=O) groups excluding carboxylic acids is 1. The molecular formula is C15H13FO2.